The number of likely N-dealkylation sites (N-methyl/N-ethyl adjacent to an activating group) is 1. The molecule has 4 nitrogen and oxygen atoms in total. The number of carbonyl (C=O) groups is 1. The minimum atomic E-state index is -1.22. The van der Waals surface area contributed by atoms with Crippen LogP contribution < -0.4 is 4.90 Å². The van der Waals surface area contributed by atoms with Gasteiger partial charge in [0.15, 0.2) is 11.7 Å². The molecule has 2 N–H and O–H groups in total. The second-order valence-electron chi connectivity index (χ2n) is 8.22. The van der Waals surface area contributed by atoms with Crippen molar-refractivity contribution in [3.63, 3.8) is 0 Å². The van der Waals surface area contributed by atoms with Crippen LogP contribution in [-0.4, -0.2) is 42.9 Å². The molecule has 0 amide bonds. The van der Waals surface area contributed by atoms with Crippen molar-refractivity contribution < 1.29 is 19.5 Å². The summed E-state index contributed by atoms with van der Waals surface area (Å²) >= 11 is 0. The van der Waals surface area contributed by atoms with Crippen LogP contribution in [0.2, 0.25) is 0 Å². The van der Waals surface area contributed by atoms with E-state index in [0.717, 1.165) is 70.9 Å². The molecule has 23 heavy (non-hydrogen) atoms. The zero-order valence-electron chi connectivity index (χ0n) is 14.7. The number of aliphatic hydroxyl groups is 1. The Balaban J connectivity index is 1.74. The molecule has 2 unspecified atom stereocenters. The number of rotatable bonds is 4. The maximum atomic E-state index is 13.0. The lowest BCUT2D eigenvalue weighted by atomic mass is 9.66. The molecule has 0 bridgehead atoms. The molecular weight excluding hydrogens is 290 g/mol. The van der Waals surface area contributed by atoms with Crippen molar-refractivity contribution in [3.8, 4) is 0 Å². The number of ether oxygens (including phenoxy) is 1. The second kappa shape index (κ2) is 7.52. The molecule has 0 spiro atoms. The van der Waals surface area contributed by atoms with Crippen molar-refractivity contribution in [1.29, 1.82) is 0 Å². The Labute approximate surface area is 140 Å². The summed E-state index contributed by atoms with van der Waals surface area (Å²) in [4.78, 5) is 14.5. The van der Waals surface area contributed by atoms with Crippen LogP contribution in [0, 0.1) is 11.8 Å². The number of esters is 1. The van der Waals surface area contributed by atoms with Crippen LogP contribution in [0.25, 0.3) is 0 Å². The highest BCUT2D eigenvalue weighted by Crippen LogP contribution is 2.43. The zero-order valence-corrected chi connectivity index (χ0v) is 14.7. The molecule has 4 heteroatoms. The average molecular weight is 324 g/mol. The van der Waals surface area contributed by atoms with E-state index in [4.69, 9.17) is 4.74 Å². The summed E-state index contributed by atoms with van der Waals surface area (Å²) in [6, 6.07) is 0. The van der Waals surface area contributed by atoms with Crippen molar-refractivity contribution in [2.24, 2.45) is 11.8 Å². The third-order valence-corrected chi connectivity index (χ3v) is 6.53. The number of carbonyl (C=O) groups excluding carboxylic acids is 1. The molecule has 3 aliphatic rings. The summed E-state index contributed by atoms with van der Waals surface area (Å²) in [5.41, 5.74) is -1.22. The highest BCUT2D eigenvalue weighted by molar-refractivity contribution is 5.80. The molecule has 1 heterocycles. The lowest BCUT2D eigenvalue weighted by molar-refractivity contribution is -0.867. The quantitative estimate of drug-likeness (QED) is 0.774. The minimum Gasteiger partial charge on any atom is -0.454 e. The van der Waals surface area contributed by atoms with Gasteiger partial charge < -0.3 is 14.7 Å². The SMILES string of the molecule is C[NH+]1CCC(OC(=O)C(O)(C2CCCCC2)C2CCCCC2)C1. The first-order valence-electron chi connectivity index (χ1n) is 9.85. The Hall–Kier alpha value is -0.610. The van der Waals surface area contributed by atoms with Crippen LogP contribution in [0.1, 0.15) is 70.6 Å². The van der Waals surface area contributed by atoms with Crippen molar-refractivity contribution in [1.82, 2.24) is 0 Å². The van der Waals surface area contributed by atoms with Gasteiger partial charge in [-0.15, -0.1) is 0 Å². The van der Waals surface area contributed by atoms with Crippen LogP contribution in [0.3, 0.4) is 0 Å². The first kappa shape index (κ1) is 17.2. The molecule has 1 saturated heterocycles. The van der Waals surface area contributed by atoms with E-state index < -0.39 is 5.60 Å². The monoisotopic (exact) mass is 324 g/mol. The van der Waals surface area contributed by atoms with Gasteiger partial charge in [0.25, 0.3) is 0 Å². The molecule has 2 saturated carbocycles. The fourth-order valence-corrected chi connectivity index (χ4v) is 5.10. The van der Waals surface area contributed by atoms with E-state index in [-0.39, 0.29) is 23.9 Å². The third kappa shape index (κ3) is 3.74. The van der Waals surface area contributed by atoms with E-state index in [1.54, 1.807) is 0 Å². The van der Waals surface area contributed by atoms with Crippen LogP contribution in [0.4, 0.5) is 0 Å². The highest BCUT2D eigenvalue weighted by atomic mass is 16.6. The largest absolute Gasteiger partial charge is 0.454 e. The fourth-order valence-electron chi connectivity index (χ4n) is 5.10. The molecule has 132 valence electrons. The highest BCUT2D eigenvalue weighted by Gasteiger charge is 2.52. The first-order chi connectivity index (χ1) is 11.1. The molecule has 0 aromatic carbocycles. The summed E-state index contributed by atoms with van der Waals surface area (Å²) in [5.74, 6) is -0.0762. The Morgan fingerprint density at radius 2 is 1.48 bits per heavy atom. The van der Waals surface area contributed by atoms with Crippen molar-refractivity contribution >= 4 is 5.97 Å². The standard InChI is InChI=1S/C19H33NO3/c1-20-13-12-17(14-20)23-18(21)19(22,15-8-4-2-5-9-15)16-10-6-3-7-11-16/h15-17,22H,2-14H2,1H3/p+1. The molecule has 1 aliphatic heterocycles. The van der Waals surface area contributed by atoms with E-state index in [2.05, 4.69) is 7.05 Å². The molecule has 0 aromatic rings. The van der Waals surface area contributed by atoms with E-state index in [1.165, 1.54) is 17.7 Å². The summed E-state index contributed by atoms with van der Waals surface area (Å²) < 4.78 is 5.84. The maximum Gasteiger partial charge on any atom is 0.339 e. The number of nitrogens with one attached hydrogen (secondary N) is 1. The van der Waals surface area contributed by atoms with Gasteiger partial charge in [0.05, 0.1) is 13.6 Å². The molecule has 3 fully saturated rings. The predicted molar refractivity (Wildman–Crippen MR) is 89.2 cm³/mol. The Kier molecular flexibility index (Phi) is 5.63. The summed E-state index contributed by atoms with van der Waals surface area (Å²) in [6.07, 6.45) is 11.9. The molecule has 0 aromatic heterocycles. The van der Waals surface area contributed by atoms with Crippen molar-refractivity contribution in [2.45, 2.75) is 82.3 Å². The van der Waals surface area contributed by atoms with Crippen LogP contribution in [0.5, 0.6) is 0 Å². The van der Waals surface area contributed by atoms with Crippen LogP contribution in [-0.2, 0) is 9.53 Å². The van der Waals surface area contributed by atoms with Gasteiger partial charge in [0.2, 0.25) is 0 Å². The molecule has 2 aliphatic carbocycles. The lowest BCUT2D eigenvalue weighted by Crippen LogP contribution is -3.07. The Morgan fingerprint density at radius 3 is 1.91 bits per heavy atom. The molecular formula is C19H34NO3+. The fraction of sp³-hybridized carbons (Fsp3) is 0.947. The van der Waals surface area contributed by atoms with E-state index in [0.29, 0.717) is 0 Å². The maximum absolute atomic E-state index is 13.0. The van der Waals surface area contributed by atoms with Crippen molar-refractivity contribution in [3.05, 3.63) is 0 Å². The second-order valence-corrected chi connectivity index (χ2v) is 8.22. The van der Waals surface area contributed by atoms with Gasteiger partial charge in [-0.25, -0.2) is 4.79 Å². The van der Waals surface area contributed by atoms with Gasteiger partial charge in [-0.3, -0.25) is 0 Å². The molecule has 0 radical (unpaired) electrons. The van der Waals surface area contributed by atoms with Crippen molar-refractivity contribution in [2.75, 3.05) is 20.1 Å². The number of hydrogen-bond acceptors (Lipinski definition) is 3. The normalized spacial score (nSPS) is 31.2. The predicted octanol–water partition coefficient (Wildman–Crippen LogP) is 1.71. The third-order valence-electron chi connectivity index (χ3n) is 6.53. The van der Waals surface area contributed by atoms with Gasteiger partial charge in [0, 0.05) is 6.42 Å². The van der Waals surface area contributed by atoms with E-state index in [1.807, 2.05) is 0 Å². The summed E-state index contributed by atoms with van der Waals surface area (Å²) in [6.45, 7) is 1.94. The summed E-state index contributed by atoms with van der Waals surface area (Å²) in [5, 5.41) is 11.6. The Morgan fingerprint density at radius 1 is 0.957 bits per heavy atom. The van der Waals surface area contributed by atoms with Crippen LogP contribution in [0.15, 0.2) is 0 Å². The molecule has 3 rings (SSSR count). The number of hydrogen-bond donors (Lipinski definition) is 2. The van der Waals surface area contributed by atoms with Crippen LogP contribution >= 0.6 is 0 Å². The lowest BCUT2D eigenvalue weighted by Gasteiger charge is -2.43. The van der Waals surface area contributed by atoms with Gasteiger partial charge in [-0.05, 0) is 37.5 Å². The smallest absolute Gasteiger partial charge is 0.339 e. The summed E-state index contributed by atoms with van der Waals surface area (Å²) in [7, 11) is 2.14. The van der Waals surface area contributed by atoms with Gasteiger partial charge in [-0.2, -0.15) is 0 Å². The van der Waals surface area contributed by atoms with E-state index in [9.17, 15) is 9.90 Å². The van der Waals surface area contributed by atoms with Gasteiger partial charge in [-0.1, -0.05) is 38.5 Å². The topological polar surface area (TPSA) is 51.0 Å². The number of likely N-dealkylation sites (tertiary alicyclic amines) is 1. The minimum absolute atomic E-state index is 0.00112. The first-order valence-corrected chi connectivity index (χ1v) is 9.85. The number of quaternary nitrogens is 1. The van der Waals surface area contributed by atoms with Gasteiger partial charge >= 0.3 is 5.97 Å². The zero-order chi connectivity index (χ0) is 16.3. The van der Waals surface area contributed by atoms with Gasteiger partial charge in [0.1, 0.15) is 6.54 Å². The average Bonchev–Trinajstić information content (AvgIpc) is 3.00. The molecule has 2 atom stereocenters. The Bertz CT molecular complexity index is 381. The van der Waals surface area contributed by atoms with E-state index >= 15 is 0 Å².